The maximum absolute atomic E-state index is 10.9. The highest BCUT2D eigenvalue weighted by molar-refractivity contribution is 8.20. The van der Waals surface area contributed by atoms with Crippen LogP contribution in [-0.2, 0) is 9.53 Å². The monoisotopic (exact) mass is 312 g/mol. The Hall–Kier alpha value is -0.520. The van der Waals surface area contributed by atoms with Crippen LogP contribution in [0.15, 0.2) is 43.0 Å². The average Bonchev–Trinajstić information content (AvgIpc) is 2.93. The van der Waals surface area contributed by atoms with Crippen molar-refractivity contribution in [3.8, 4) is 0 Å². The molecule has 1 fully saturated rings. The molecular formula is C14H16O2S3. The van der Waals surface area contributed by atoms with E-state index < -0.39 is 0 Å². The molecule has 5 heteroatoms. The Balaban J connectivity index is 1.68. The van der Waals surface area contributed by atoms with Crippen molar-refractivity contribution in [1.82, 2.24) is 0 Å². The number of ether oxygens (including phenoxy) is 1. The quantitative estimate of drug-likeness (QED) is 0.343. The Morgan fingerprint density at radius 1 is 1.47 bits per heavy atom. The number of benzene rings is 1. The first kappa shape index (κ1) is 14.9. The molecule has 0 spiro atoms. The highest BCUT2D eigenvalue weighted by atomic mass is 32.2. The van der Waals surface area contributed by atoms with Crippen molar-refractivity contribution in [2.75, 3.05) is 17.4 Å². The van der Waals surface area contributed by atoms with Gasteiger partial charge in [0.1, 0.15) is 5.94 Å². The van der Waals surface area contributed by atoms with E-state index in [-0.39, 0.29) is 5.97 Å². The van der Waals surface area contributed by atoms with Crippen LogP contribution in [0.4, 0.5) is 0 Å². The topological polar surface area (TPSA) is 26.3 Å². The van der Waals surface area contributed by atoms with Crippen molar-refractivity contribution in [2.24, 2.45) is 0 Å². The molecule has 2 atom stereocenters. The van der Waals surface area contributed by atoms with Gasteiger partial charge in [0.2, 0.25) is 0 Å². The fourth-order valence-corrected chi connectivity index (χ4v) is 6.18. The van der Waals surface area contributed by atoms with Gasteiger partial charge in [0.05, 0.1) is 4.58 Å². The first-order valence-electron chi connectivity index (χ1n) is 5.98. The lowest BCUT2D eigenvalue weighted by atomic mass is 10.2. The Morgan fingerprint density at radius 3 is 3.00 bits per heavy atom. The van der Waals surface area contributed by atoms with Crippen LogP contribution >= 0.6 is 35.3 Å². The van der Waals surface area contributed by atoms with E-state index in [0.29, 0.717) is 15.8 Å². The van der Waals surface area contributed by atoms with Crippen molar-refractivity contribution >= 4 is 41.3 Å². The molecule has 2 rings (SSSR count). The van der Waals surface area contributed by atoms with Gasteiger partial charge in [0.15, 0.2) is 0 Å². The summed E-state index contributed by atoms with van der Waals surface area (Å²) in [5.74, 6) is 2.25. The molecule has 2 unspecified atom stereocenters. The summed E-state index contributed by atoms with van der Waals surface area (Å²) in [6, 6.07) is 10.6. The summed E-state index contributed by atoms with van der Waals surface area (Å²) >= 11 is 5.67. The van der Waals surface area contributed by atoms with E-state index in [1.54, 1.807) is 11.8 Å². The van der Waals surface area contributed by atoms with Crippen molar-refractivity contribution < 1.29 is 9.53 Å². The highest BCUT2D eigenvalue weighted by Gasteiger charge is 2.26. The number of hydrogen-bond acceptors (Lipinski definition) is 5. The number of esters is 1. The van der Waals surface area contributed by atoms with Crippen LogP contribution in [-0.4, -0.2) is 28.7 Å². The SMILES string of the molecule is C=CC(=O)OCSCC1CSC(c2ccccc2)S1. The summed E-state index contributed by atoms with van der Waals surface area (Å²) in [5.41, 5.74) is 1.39. The lowest BCUT2D eigenvalue weighted by Crippen LogP contribution is -2.07. The molecule has 2 nitrogen and oxygen atoms in total. The minimum absolute atomic E-state index is 0.344. The van der Waals surface area contributed by atoms with Crippen molar-refractivity contribution in [3.05, 3.63) is 48.6 Å². The molecule has 1 aliphatic rings. The number of rotatable bonds is 6. The zero-order chi connectivity index (χ0) is 13.5. The molecule has 102 valence electrons. The van der Waals surface area contributed by atoms with E-state index in [2.05, 4.69) is 36.9 Å². The predicted molar refractivity (Wildman–Crippen MR) is 86.6 cm³/mol. The lowest BCUT2D eigenvalue weighted by molar-refractivity contribution is -0.135. The molecule has 1 aromatic carbocycles. The second-order valence-corrected chi connectivity index (χ2v) is 7.81. The second-order valence-electron chi connectivity index (χ2n) is 3.99. The molecule has 0 radical (unpaired) electrons. The van der Waals surface area contributed by atoms with Crippen LogP contribution in [0, 0.1) is 0 Å². The van der Waals surface area contributed by atoms with Gasteiger partial charge in [-0.3, -0.25) is 0 Å². The fraction of sp³-hybridized carbons (Fsp3) is 0.357. The molecule has 1 aromatic rings. The van der Waals surface area contributed by atoms with E-state index in [0.717, 1.165) is 11.5 Å². The smallest absolute Gasteiger partial charge is 0.330 e. The number of thioether (sulfide) groups is 3. The number of hydrogen-bond donors (Lipinski definition) is 0. The largest absolute Gasteiger partial charge is 0.451 e. The Morgan fingerprint density at radius 2 is 2.26 bits per heavy atom. The first-order valence-corrected chi connectivity index (χ1v) is 9.13. The van der Waals surface area contributed by atoms with E-state index in [1.165, 1.54) is 11.6 Å². The molecule has 0 saturated carbocycles. The second kappa shape index (κ2) is 7.92. The average molecular weight is 312 g/mol. The zero-order valence-electron chi connectivity index (χ0n) is 10.5. The molecule has 1 saturated heterocycles. The molecule has 0 aromatic heterocycles. The maximum atomic E-state index is 10.9. The normalized spacial score (nSPS) is 22.1. The van der Waals surface area contributed by atoms with Gasteiger partial charge < -0.3 is 4.74 Å². The third-order valence-corrected chi connectivity index (χ3v) is 7.07. The number of carbonyl (C=O) groups excluding carboxylic acids is 1. The van der Waals surface area contributed by atoms with Crippen LogP contribution < -0.4 is 0 Å². The highest BCUT2D eigenvalue weighted by Crippen LogP contribution is 2.49. The Labute approximate surface area is 126 Å². The zero-order valence-corrected chi connectivity index (χ0v) is 12.9. The van der Waals surface area contributed by atoms with Crippen molar-refractivity contribution in [2.45, 2.75) is 9.83 Å². The standard InChI is InChI=1S/C14H16O2S3/c1-2-13(15)16-10-17-8-12-9-18-14(19-12)11-6-4-3-5-7-11/h2-7,12,14H,1,8-10H2. The third-order valence-electron chi connectivity index (χ3n) is 2.58. The summed E-state index contributed by atoms with van der Waals surface area (Å²) < 4.78 is 5.50. The van der Waals surface area contributed by atoms with Gasteiger partial charge in [-0.15, -0.1) is 35.3 Å². The predicted octanol–water partition coefficient (Wildman–Crippen LogP) is 3.95. The molecule has 0 bridgehead atoms. The van der Waals surface area contributed by atoms with Gasteiger partial charge in [-0.2, -0.15) is 0 Å². The van der Waals surface area contributed by atoms with Gasteiger partial charge in [-0.05, 0) is 5.56 Å². The number of carbonyl (C=O) groups is 1. The lowest BCUT2D eigenvalue weighted by Gasteiger charge is -2.10. The summed E-state index contributed by atoms with van der Waals surface area (Å²) in [4.78, 5) is 10.9. The minimum atomic E-state index is -0.344. The minimum Gasteiger partial charge on any atom is -0.451 e. The molecular weight excluding hydrogens is 296 g/mol. The molecule has 1 heterocycles. The van der Waals surface area contributed by atoms with Crippen LogP contribution in [0.25, 0.3) is 0 Å². The van der Waals surface area contributed by atoms with E-state index in [9.17, 15) is 4.79 Å². The summed E-state index contributed by atoms with van der Waals surface area (Å²) in [6.07, 6.45) is 1.20. The third kappa shape index (κ3) is 4.82. The maximum Gasteiger partial charge on any atom is 0.330 e. The summed E-state index contributed by atoms with van der Waals surface area (Å²) in [7, 11) is 0. The van der Waals surface area contributed by atoms with Gasteiger partial charge in [0, 0.05) is 22.8 Å². The summed E-state index contributed by atoms with van der Waals surface area (Å²) in [6.45, 7) is 3.37. The van der Waals surface area contributed by atoms with E-state index >= 15 is 0 Å². The molecule has 0 N–H and O–H groups in total. The van der Waals surface area contributed by atoms with Crippen LogP contribution in [0.5, 0.6) is 0 Å². The van der Waals surface area contributed by atoms with Crippen LogP contribution in [0.2, 0.25) is 0 Å². The van der Waals surface area contributed by atoms with Gasteiger partial charge in [-0.25, -0.2) is 4.79 Å². The fourth-order valence-electron chi connectivity index (χ4n) is 1.66. The summed E-state index contributed by atoms with van der Waals surface area (Å²) in [5, 5.41) is 0.627. The van der Waals surface area contributed by atoms with Gasteiger partial charge >= 0.3 is 5.97 Å². The van der Waals surface area contributed by atoms with Crippen LogP contribution in [0.3, 0.4) is 0 Å². The van der Waals surface area contributed by atoms with Crippen molar-refractivity contribution in [3.63, 3.8) is 0 Å². The van der Waals surface area contributed by atoms with E-state index in [4.69, 9.17) is 4.74 Å². The molecule has 0 amide bonds. The molecule has 0 aliphatic carbocycles. The van der Waals surface area contributed by atoms with Crippen LogP contribution in [0.1, 0.15) is 10.1 Å². The first-order chi connectivity index (χ1) is 9.29. The molecule has 1 aliphatic heterocycles. The van der Waals surface area contributed by atoms with Gasteiger partial charge in [0.25, 0.3) is 0 Å². The Kier molecular flexibility index (Phi) is 6.20. The van der Waals surface area contributed by atoms with E-state index in [1.807, 2.05) is 23.5 Å². The molecule has 19 heavy (non-hydrogen) atoms. The van der Waals surface area contributed by atoms with Gasteiger partial charge in [-0.1, -0.05) is 36.9 Å². The Bertz CT molecular complexity index is 422. The van der Waals surface area contributed by atoms with Crippen molar-refractivity contribution in [1.29, 1.82) is 0 Å².